The van der Waals surface area contributed by atoms with Crippen LogP contribution in [0.15, 0.2) is 12.1 Å². The highest BCUT2D eigenvalue weighted by atomic mass is 19.3. The molecule has 0 bridgehead atoms. The molecule has 0 saturated heterocycles. The maximum absolute atomic E-state index is 12.7. The Morgan fingerprint density at radius 1 is 1.24 bits per heavy atom. The molecule has 2 aliphatic carbocycles. The summed E-state index contributed by atoms with van der Waals surface area (Å²) in [6.07, 6.45) is 8.74. The van der Waals surface area contributed by atoms with Crippen molar-refractivity contribution in [3.63, 3.8) is 0 Å². The Labute approximate surface area is 148 Å². The topological polar surface area (TPSA) is 25.2 Å². The Kier molecular flexibility index (Phi) is 5.60. The first-order chi connectivity index (χ1) is 12.0. The summed E-state index contributed by atoms with van der Waals surface area (Å²) in [5.41, 5.74) is 3.40. The average Bonchev–Trinajstić information content (AvgIpc) is 3.37. The summed E-state index contributed by atoms with van der Waals surface area (Å²) < 4.78 is 27.8. The molecule has 25 heavy (non-hydrogen) atoms. The minimum absolute atomic E-state index is 0.000759. The summed E-state index contributed by atoms with van der Waals surface area (Å²) in [6.45, 7) is 3.73. The van der Waals surface area contributed by atoms with E-state index in [1.54, 1.807) is 6.08 Å². The third-order valence-electron chi connectivity index (χ3n) is 5.47. The molecule has 5 heteroatoms. The van der Waals surface area contributed by atoms with Crippen LogP contribution in [0.25, 0.3) is 6.08 Å². The predicted octanol–water partition coefficient (Wildman–Crippen LogP) is 4.88. The van der Waals surface area contributed by atoms with Crippen LogP contribution in [-0.4, -0.2) is 34.4 Å². The molecule has 2 saturated carbocycles. The molecule has 0 unspecified atom stereocenters. The zero-order valence-electron chi connectivity index (χ0n) is 15.2. The van der Waals surface area contributed by atoms with E-state index < -0.39 is 13.0 Å². The molecular weight excluding hydrogens is 322 g/mol. The van der Waals surface area contributed by atoms with Crippen LogP contribution in [0.5, 0.6) is 0 Å². The molecule has 0 aliphatic heterocycles. The molecular formula is C20H28F2N2O. The van der Waals surface area contributed by atoms with Crippen LogP contribution in [0, 0.1) is 13.8 Å². The number of amides is 1. The maximum Gasteiger partial charge on any atom is 0.255 e. The Morgan fingerprint density at radius 3 is 2.52 bits per heavy atom. The van der Waals surface area contributed by atoms with Gasteiger partial charge in [0.05, 0.1) is 6.54 Å². The van der Waals surface area contributed by atoms with Gasteiger partial charge in [-0.25, -0.2) is 8.78 Å². The Balaban J connectivity index is 1.73. The number of hydrogen-bond donors (Lipinski definition) is 0. The lowest BCUT2D eigenvalue weighted by Gasteiger charge is -2.26. The van der Waals surface area contributed by atoms with Crippen molar-refractivity contribution in [1.82, 2.24) is 9.47 Å². The second-order valence-electron chi connectivity index (χ2n) is 7.43. The van der Waals surface area contributed by atoms with Gasteiger partial charge in [-0.2, -0.15) is 0 Å². The van der Waals surface area contributed by atoms with Crippen LogP contribution in [0.1, 0.15) is 67.9 Å². The van der Waals surface area contributed by atoms with Crippen molar-refractivity contribution in [2.75, 3.05) is 6.54 Å². The fraction of sp³-hybridized carbons (Fsp3) is 0.650. The van der Waals surface area contributed by atoms with Crippen molar-refractivity contribution in [3.8, 4) is 0 Å². The molecule has 3 nitrogen and oxygen atoms in total. The van der Waals surface area contributed by atoms with Gasteiger partial charge >= 0.3 is 0 Å². The quantitative estimate of drug-likeness (QED) is 0.671. The van der Waals surface area contributed by atoms with Crippen LogP contribution in [0.4, 0.5) is 8.78 Å². The van der Waals surface area contributed by atoms with Gasteiger partial charge in [0, 0.05) is 29.5 Å². The number of carbonyl (C=O) groups excluding carboxylic acids is 1. The molecule has 0 atom stereocenters. The summed E-state index contributed by atoms with van der Waals surface area (Å²) in [5, 5.41) is 0. The van der Waals surface area contributed by atoms with E-state index in [-0.39, 0.29) is 11.9 Å². The van der Waals surface area contributed by atoms with Gasteiger partial charge in [0.25, 0.3) is 6.43 Å². The number of rotatable bonds is 6. The molecule has 1 amide bonds. The van der Waals surface area contributed by atoms with Crippen LogP contribution in [0.2, 0.25) is 0 Å². The van der Waals surface area contributed by atoms with Crippen molar-refractivity contribution in [1.29, 1.82) is 0 Å². The van der Waals surface area contributed by atoms with E-state index in [9.17, 15) is 13.6 Å². The summed E-state index contributed by atoms with van der Waals surface area (Å²) in [5.74, 6) is -0.301. The largest absolute Gasteiger partial charge is 0.346 e. The van der Waals surface area contributed by atoms with Gasteiger partial charge in [-0.05, 0) is 57.2 Å². The Morgan fingerprint density at radius 2 is 1.92 bits per heavy atom. The molecule has 0 N–H and O–H groups in total. The third-order valence-corrected chi connectivity index (χ3v) is 5.47. The van der Waals surface area contributed by atoms with E-state index in [2.05, 4.69) is 24.5 Å². The predicted molar refractivity (Wildman–Crippen MR) is 95.8 cm³/mol. The van der Waals surface area contributed by atoms with Crippen LogP contribution < -0.4 is 0 Å². The average molecular weight is 350 g/mol. The number of nitrogens with zero attached hydrogens (tertiary/aromatic N) is 2. The summed E-state index contributed by atoms with van der Waals surface area (Å²) in [6, 6.07) is 2.65. The van der Waals surface area contributed by atoms with Gasteiger partial charge in [-0.3, -0.25) is 4.79 Å². The lowest BCUT2D eigenvalue weighted by atomic mass is 9.95. The van der Waals surface area contributed by atoms with E-state index in [1.807, 2.05) is 0 Å². The summed E-state index contributed by atoms with van der Waals surface area (Å²) >= 11 is 0. The minimum atomic E-state index is -2.48. The first kappa shape index (κ1) is 18.2. The number of aromatic nitrogens is 1. The van der Waals surface area contributed by atoms with E-state index in [0.29, 0.717) is 6.04 Å². The Hall–Kier alpha value is -1.65. The first-order valence-electron chi connectivity index (χ1n) is 9.42. The molecule has 2 aliphatic rings. The molecule has 0 aromatic carbocycles. The van der Waals surface area contributed by atoms with Gasteiger partial charge < -0.3 is 9.47 Å². The number of carbonyl (C=O) groups is 1. The second-order valence-corrected chi connectivity index (χ2v) is 7.43. The second kappa shape index (κ2) is 7.71. The van der Waals surface area contributed by atoms with Gasteiger partial charge in [0.1, 0.15) is 0 Å². The highest BCUT2D eigenvalue weighted by molar-refractivity contribution is 5.92. The molecule has 0 spiro atoms. The fourth-order valence-corrected chi connectivity index (χ4v) is 4.08. The van der Waals surface area contributed by atoms with Gasteiger partial charge in [0.15, 0.2) is 0 Å². The molecule has 138 valence electrons. The number of hydrogen-bond acceptors (Lipinski definition) is 1. The van der Waals surface area contributed by atoms with Gasteiger partial charge in [-0.1, -0.05) is 19.3 Å². The highest BCUT2D eigenvalue weighted by Gasteiger charge is 2.33. The summed E-state index contributed by atoms with van der Waals surface area (Å²) in [4.78, 5) is 13.7. The molecule has 1 aromatic heterocycles. The maximum atomic E-state index is 12.7. The zero-order chi connectivity index (χ0) is 18.0. The van der Waals surface area contributed by atoms with Crippen molar-refractivity contribution >= 4 is 12.0 Å². The van der Waals surface area contributed by atoms with Crippen molar-refractivity contribution in [2.24, 2.45) is 0 Å². The lowest BCUT2D eigenvalue weighted by Crippen LogP contribution is -2.35. The van der Waals surface area contributed by atoms with Crippen LogP contribution >= 0.6 is 0 Å². The van der Waals surface area contributed by atoms with Crippen molar-refractivity contribution in [3.05, 3.63) is 29.1 Å². The number of aryl methyl sites for hydroxylation is 1. The monoisotopic (exact) mass is 350 g/mol. The highest BCUT2D eigenvalue weighted by Crippen LogP contribution is 2.32. The number of alkyl halides is 2. The summed E-state index contributed by atoms with van der Waals surface area (Å²) in [7, 11) is 0. The van der Waals surface area contributed by atoms with Crippen molar-refractivity contribution in [2.45, 2.75) is 77.3 Å². The van der Waals surface area contributed by atoms with Crippen LogP contribution in [0.3, 0.4) is 0 Å². The first-order valence-corrected chi connectivity index (χ1v) is 9.42. The van der Waals surface area contributed by atoms with E-state index in [0.717, 1.165) is 18.4 Å². The van der Waals surface area contributed by atoms with Gasteiger partial charge in [-0.15, -0.1) is 0 Å². The molecule has 1 aromatic rings. The SMILES string of the molecule is Cc1cc(C=CC(=O)N(CC(F)F)C2CC2)c(C)n1C1CCCCC1. The van der Waals surface area contributed by atoms with E-state index in [4.69, 9.17) is 0 Å². The minimum Gasteiger partial charge on any atom is -0.346 e. The third kappa shape index (κ3) is 4.31. The van der Waals surface area contributed by atoms with E-state index in [1.165, 1.54) is 54.5 Å². The van der Waals surface area contributed by atoms with Gasteiger partial charge in [0.2, 0.25) is 5.91 Å². The Bertz CT molecular complexity index is 640. The lowest BCUT2D eigenvalue weighted by molar-refractivity contribution is -0.128. The fourth-order valence-electron chi connectivity index (χ4n) is 4.08. The van der Waals surface area contributed by atoms with Crippen LogP contribution in [-0.2, 0) is 4.79 Å². The van der Waals surface area contributed by atoms with Crippen molar-refractivity contribution < 1.29 is 13.6 Å². The molecule has 2 fully saturated rings. The normalized spacial score (nSPS) is 19.1. The standard InChI is InChI=1S/C20H28F2N2O/c1-14-12-16(15(2)24(14)18-6-4-3-5-7-18)8-11-20(25)23(13-19(21)22)17-9-10-17/h8,11-12,17-19H,3-7,9-10,13H2,1-2H3. The molecule has 3 rings (SSSR count). The smallest absolute Gasteiger partial charge is 0.255 e. The zero-order valence-corrected chi connectivity index (χ0v) is 15.2. The molecule has 0 radical (unpaired) electrons. The molecule has 1 heterocycles. The van der Waals surface area contributed by atoms with E-state index >= 15 is 0 Å². The number of halogens is 2.